The van der Waals surface area contributed by atoms with Gasteiger partial charge in [0.1, 0.15) is 17.3 Å². The third-order valence-electron chi connectivity index (χ3n) is 2.41. The first-order valence-electron chi connectivity index (χ1n) is 4.96. The standard InChI is InChI=1S/C11H15N3O2/c1-15-9-5-8(6-10(7-9)16-2)14-4-3-11(12)13-14/h3,5-7,13H,4,12H2,1-2H3. The second kappa shape index (κ2) is 4.22. The smallest absolute Gasteiger partial charge is 0.124 e. The Hall–Kier alpha value is -2.04. The van der Waals surface area contributed by atoms with Crippen LogP contribution in [-0.2, 0) is 0 Å². The molecule has 0 atom stereocenters. The van der Waals surface area contributed by atoms with Crippen LogP contribution >= 0.6 is 0 Å². The van der Waals surface area contributed by atoms with Crippen molar-refractivity contribution in [3.05, 3.63) is 30.1 Å². The number of nitrogens with one attached hydrogen (secondary N) is 1. The molecular formula is C11H15N3O2. The molecule has 0 saturated heterocycles. The van der Waals surface area contributed by atoms with Crippen molar-refractivity contribution in [1.29, 1.82) is 0 Å². The number of rotatable bonds is 3. The van der Waals surface area contributed by atoms with Crippen molar-refractivity contribution in [1.82, 2.24) is 5.43 Å². The molecule has 1 aromatic rings. The average Bonchev–Trinajstić information content (AvgIpc) is 2.75. The first-order valence-corrected chi connectivity index (χ1v) is 4.96. The fourth-order valence-electron chi connectivity index (χ4n) is 1.55. The van der Waals surface area contributed by atoms with Crippen LogP contribution in [0.15, 0.2) is 30.1 Å². The molecular weight excluding hydrogens is 206 g/mol. The van der Waals surface area contributed by atoms with Gasteiger partial charge in [0, 0.05) is 18.2 Å². The zero-order chi connectivity index (χ0) is 11.5. The van der Waals surface area contributed by atoms with Gasteiger partial charge in [-0.05, 0) is 6.08 Å². The lowest BCUT2D eigenvalue weighted by Gasteiger charge is -2.20. The fraction of sp³-hybridized carbons (Fsp3) is 0.273. The molecule has 2 rings (SSSR count). The summed E-state index contributed by atoms with van der Waals surface area (Å²) in [5.41, 5.74) is 9.64. The lowest BCUT2D eigenvalue weighted by molar-refractivity contribution is 0.394. The minimum absolute atomic E-state index is 0.654. The van der Waals surface area contributed by atoms with Gasteiger partial charge >= 0.3 is 0 Å². The lowest BCUT2D eigenvalue weighted by Crippen LogP contribution is -2.33. The van der Waals surface area contributed by atoms with E-state index in [1.165, 1.54) is 0 Å². The van der Waals surface area contributed by atoms with E-state index in [1.54, 1.807) is 14.2 Å². The van der Waals surface area contributed by atoms with E-state index in [9.17, 15) is 0 Å². The van der Waals surface area contributed by atoms with Crippen molar-refractivity contribution >= 4 is 5.69 Å². The monoisotopic (exact) mass is 221 g/mol. The molecule has 1 aliphatic rings. The molecule has 0 fully saturated rings. The number of hydrazine groups is 1. The van der Waals surface area contributed by atoms with Crippen molar-refractivity contribution in [2.45, 2.75) is 0 Å². The van der Waals surface area contributed by atoms with E-state index in [0.717, 1.165) is 23.7 Å². The highest BCUT2D eigenvalue weighted by Crippen LogP contribution is 2.28. The van der Waals surface area contributed by atoms with Crippen LogP contribution < -0.4 is 25.6 Å². The van der Waals surface area contributed by atoms with E-state index in [2.05, 4.69) is 5.43 Å². The Kier molecular flexibility index (Phi) is 2.76. The summed E-state index contributed by atoms with van der Waals surface area (Å²) in [5, 5.41) is 1.92. The Morgan fingerprint density at radius 3 is 2.25 bits per heavy atom. The summed E-state index contributed by atoms with van der Waals surface area (Å²) in [6, 6.07) is 5.67. The lowest BCUT2D eigenvalue weighted by atomic mass is 10.2. The van der Waals surface area contributed by atoms with Crippen molar-refractivity contribution in [2.24, 2.45) is 5.73 Å². The highest BCUT2D eigenvalue weighted by molar-refractivity contribution is 5.56. The van der Waals surface area contributed by atoms with E-state index in [0.29, 0.717) is 5.82 Å². The summed E-state index contributed by atoms with van der Waals surface area (Å²) in [6.07, 6.45) is 1.91. The van der Waals surface area contributed by atoms with Gasteiger partial charge in [-0.25, -0.2) is 0 Å². The van der Waals surface area contributed by atoms with Crippen LogP contribution in [0.25, 0.3) is 0 Å². The summed E-state index contributed by atoms with van der Waals surface area (Å²) in [4.78, 5) is 0. The van der Waals surface area contributed by atoms with Crippen molar-refractivity contribution < 1.29 is 9.47 Å². The summed E-state index contributed by atoms with van der Waals surface area (Å²) in [6.45, 7) is 0.724. The molecule has 0 spiro atoms. The number of hydrogen-bond donors (Lipinski definition) is 2. The number of ether oxygens (including phenoxy) is 2. The zero-order valence-electron chi connectivity index (χ0n) is 9.36. The van der Waals surface area contributed by atoms with Crippen molar-refractivity contribution in [3.8, 4) is 11.5 Å². The number of methoxy groups -OCH3 is 2. The molecule has 0 saturated carbocycles. The summed E-state index contributed by atoms with van der Waals surface area (Å²) in [7, 11) is 3.26. The molecule has 16 heavy (non-hydrogen) atoms. The van der Waals surface area contributed by atoms with Crippen LogP contribution in [0.5, 0.6) is 11.5 Å². The molecule has 0 aromatic heterocycles. The number of benzene rings is 1. The first kappa shape index (κ1) is 10.5. The normalized spacial score (nSPS) is 14.4. The maximum absolute atomic E-state index is 5.65. The van der Waals surface area contributed by atoms with Gasteiger partial charge in [0.05, 0.1) is 26.5 Å². The topological polar surface area (TPSA) is 59.8 Å². The molecule has 0 amide bonds. The van der Waals surface area contributed by atoms with Gasteiger partial charge in [0.15, 0.2) is 0 Å². The third kappa shape index (κ3) is 1.98. The van der Waals surface area contributed by atoms with E-state index in [1.807, 2.05) is 29.3 Å². The predicted octanol–water partition coefficient (Wildman–Crippen LogP) is 0.829. The minimum Gasteiger partial charge on any atom is -0.497 e. The van der Waals surface area contributed by atoms with Gasteiger partial charge in [-0.15, -0.1) is 0 Å². The molecule has 0 bridgehead atoms. The van der Waals surface area contributed by atoms with Crippen LogP contribution in [0.2, 0.25) is 0 Å². The van der Waals surface area contributed by atoms with Gasteiger partial charge in [-0.2, -0.15) is 0 Å². The second-order valence-corrected chi connectivity index (χ2v) is 3.45. The summed E-state index contributed by atoms with van der Waals surface area (Å²) < 4.78 is 10.4. The molecule has 0 radical (unpaired) electrons. The number of nitrogens with zero attached hydrogens (tertiary/aromatic N) is 1. The van der Waals surface area contributed by atoms with Gasteiger partial charge in [-0.1, -0.05) is 0 Å². The summed E-state index contributed by atoms with van der Waals surface area (Å²) in [5.74, 6) is 2.16. The quantitative estimate of drug-likeness (QED) is 0.791. The maximum Gasteiger partial charge on any atom is 0.124 e. The van der Waals surface area contributed by atoms with E-state index in [4.69, 9.17) is 15.2 Å². The SMILES string of the molecule is COc1cc(OC)cc(N2CC=C(N)N2)c1. The first-order chi connectivity index (χ1) is 7.72. The highest BCUT2D eigenvalue weighted by Gasteiger charge is 2.13. The third-order valence-corrected chi connectivity index (χ3v) is 2.41. The minimum atomic E-state index is 0.654. The number of nitrogens with two attached hydrogens (primary N) is 1. The van der Waals surface area contributed by atoms with Crippen LogP contribution in [-0.4, -0.2) is 20.8 Å². The fourth-order valence-corrected chi connectivity index (χ4v) is 1.55. The van der Waals surface area contributed by atoms with E-state index < -0.39 is 0 Å². The van der Waals surface area contributed by atoms with Gasteiger partial charge in [0.25, 0.3) is 0 Å². The summed E-state index contributed by atoms with van der Waals surface area (Å²) >= 11 is 0. The van der Waals surface area contributed by atoms with Gasteiger partial charge in [0.2, 0.25) is 0 Å². The molecule has 1 aliphatic heterocycles. The van der Waals surface area contributed by atoms with Crippen LogP contribution in [0.4, 0.5) is 5.69 Å². The molecule has 5 heteroatoms. The number of anilines is 1. The Morgan fingerprint density at radius 1 is 1.19 bits per heavy atom. The molecule has 0 aliphatic carbocycles. The largest absolute Gasteiger partial charge is 0.497 e. The highest BCUT2D eigenvalue weighted by atomic mass is 16.5. The average molecular weight is 221 g/mol. The van der Waals surface area contributed by atoms with Gasteiger partial charge in [-0.3, -0.25) is 10.4 Å². The molecule has 1 aromatic carbocycles. The van der Waals surface area contributed by atoms with Crippen molar-refractivity contribution in [2.75, 3.05) is 25.8 Å². The molecule has 86 valence electrons. The zero-order valence-corrected chi connectivity index (χ0v) is 9.36. The Labute approximate surface area is 94.4 Å². The maximum atomic E-state index is 5.65. The molecule has 1 heterocycles. The predicted molar refractivity (Wildman–Crippen MR) is 62.3 cm³/mol. The van der Waals surface area contributed by atoms with E-state index >= 15 is 0 Å². The Balaban J connectivity index is 2.26. The molecule has 5 nitrogen and oxygen atoms in total. The Bertz CT molecular complexity index is 395. The van der Waals surface area contributed by atoms with Crippen LogP contribution in [0.3, 0.4) is 0 Å². The Morgan fingerprint density at radius 2 is 1.81 bits per heavy atom. The van der Waals surface area contributed by atoms with Gasteiger partial charge < -0.3 is 15.2 Å². The number of hydrogen-bond acceptors (Lipinski definition) is 5. The van der Waals surface area contributed by atoms with E-state index in [-0.39, 0.29) is 0 Å². The molecule has 0 unspecified atom stereocenters. The van der Waals surface area contributed by atoms with Crippen LogP contribution in [0.1, 0.15) is 0 Å². The van der Waals surface area contributed by atoms with Crippen LogP contribution in [0, 0.1) is 0 Å². The second-order valence-electron chi connectivity index (χ2n) is 3.45. The van der Waals surface area contributed by atoms with Crippen molar-refractivity contribution in [3.63, 3.8) is 0 Å². The molecule has 3 N–H and O–H groups in total.